The van der Waals surface area contributed by atoms with Gasteiger partial charge >= 0.3 is 0 Å². The predicted octanol–water partition coefficient (Wildman–Crippen LogP) is 3.83. The maximum absolute atomic E-state index is 13.1. The minimum absolute atomic E-state index is 0.0688. The van der Waals surface area contributed by atoms with Crippen LogP contribution in [0, 0.1) is 6.92 Å². The molecule has 0 atom stereocenters. The van der Waals surface area contributed by atoms with E-state index in [1.807, 2.05) is 48.2 Å². The first-order valence-corrected chi connectivity index (χ1v) is 8.74. The van der Waals surface area contributed by atoms with Gasteiger partial charge in [0.15, 0.2) is 11.5 Å². The lowest BCUT2D eigenvalue weighted by molar-refractivity contribution is 0.0729. The van der Waals surface area contributed by atoms with E-state index in [2.05, 4.69) is 0 Å². The summed E-state index contributed by atoms with van der Waals surface area (Å²) >= 11 is 0. The highest BCUT2D eigenvalue weighted by atomic mass is 16.5. The van der Waals surface area contributed by atoms with E-state index >= 15 is 0 Å². The van der Waals surface area contributed by atoms with Crippen molar-refractivity contribution >= 4 is 5.91 Å². The molecule has 2 aromatic rings. The average Bonchev–Trinajstić information content (AvgIpc) is 3.50. The zero-order valence-electron chi connectivity index (χ0n) is 15.7. The molecule has 0 aromatic heterocycles. The van der Waals surface area contributed by atoms with E-state index in [-0.39, 0.29) is 5.91 Å². The summed E-state index contributed by atoms with van der Waals surface area (Å²) < 4.78 is 16.2. The Bertz CT molecular complexity index is 773. The number of carbonyl (C=O) groups excluding carboxylic acids is 1. The SMILES string of the molecule is COc1cc(CN(C(=O)c2ccccc2C)C2CC2)cc(OC)c1OC. The van der Waals surface area contributed by atoms with Crippen LogP contribution in [0.4, 0.5) is 0 Å². The number of nitrogens with zero attached hydrogens (tertiary/aromatic N) is 1. The highest BCUT2D eigenvalue weighted by Gasteiger charge is 2.33. The van der Waals surface area contributed by atoms with Gasteiger partial charge < -0.3 is 19.1 Å². The molecule has 3 rings (SSSR count). The largest absolute Gasteiger partial charge is 0.493 e. The summed E-state index contributed by atoms with van der Waals surface area (Å²) in [6.45, 7) is 2.48. The molecule has 138 valence electrons. The molecular formula is C21H25NO4. The van der Waals surface area contributed by atoms with Crippen LogP contribution < -0.4 is 14.2 Å². The maximum atomic E-state index is 13.1. The first-order chi connectivity index (χ1) is 12.6. The highest BCUT2D eigenvalue weighted by Crippen LogP contribution is 2.39. The van der Waals surface area contributed by atoms with Crippen molar-refractivity contribution in [2.24, 2.45) is 0 Å². The van der Waals surface area contributed by atoms with E-state index in [1.54, 1.807) is 21.3 Å². The summed E-state index contributed by atoms with van der Waals surface area (Å²) in [6.07, 6.45) is 2.09. The molecule has 1 amide bonds. The fraction of sp³-hybridized carbons (Fsp3) is 0.381. The van der Waals surface area contributed by atoms with Crippen molar-refractivity contribution in [3.8, 4) is 17.2 Å². The van der Waals surface area contributed by atoms with Gasteiger partial charge in [-0.25, -0.2) is 0 Å². The summed E-state index contributed by atoms with van der Waals surface area (Å²) in [6, 6.07) is 11.8. The Hall–Kier alpha value is -2.69. The molecule has 5 nitrogen and oxygen atoms in total. The molecule has 0 bridgehead atoms. The summed E-state index contributed by atoms with van der Waals surface area (Å²) in [7, 11) is 4.77. The number of amides is 1. The normalized spacial score (nSPS) is 13.2. The number of methoxy groups -OCH3 is 3. The van der Waals surface area contributed by atoms with Crippen molar-refractivity contribution in [1.82, 2.24) is 4.90 Å². The molecule has 0 aliphatic heterocycles. The predicted molar refractivity (Wildman–Crippen MR) is 100 cm³/mol. The molecule has 26 heavy (non-hydrogen) atoms. The van der Waals surface area contributed by atoms with E-state index in [9.17, 15) is 4.79 Å². The van der Waals surface area contributed by atoms with E-state index in [4.69, 9.17) is 14.2 Å². The van der Waals surface area contributed by atoms with Gasteiger partial charge in [-0.1, -0.05) is 18.2 Å². The lowest BCUT2D eigenvalue weighted by Gasteiger charge is -2.24. The van der Waals surface area contributed by atoms with Crippen LogP contribution in [0.1, 0.15) is 34.3 Å². The standard InChI is InChI=1S/C21H25NO4/c1-14-7-5-6-8-17(14)21(23)22(16-9-10-16)13-15-11-18(24-2)20(26-4)19(12-15)25-3/h5-8,11-12,16H,9-10,13H2,1-4H3. The summed E-state index contributed by atoms with van der Waals surface area (Å²) in [4.78, 5) is 15.1. The van der Waals surface area contributed by atoms with Gasteiger partial charge in [0.25, 0.3) is 5.91 Å². The van der Waals surface area contributed by atoms with E-state index < -0.39 is 0 Å². The lowest BCUT2D eigenvalue weighted by atomic mass is 10.1. The number of hydrogen-bond donors (Lipinski definition) is 0. The van der Waals surface area contributed by atoms with Gasteiger partial charge in [0.1, 0.15) is 0 Å². The Kier molecular flexibility index (Phi) is 5.35. The molecule has 0 heterocycles. The van der Waals surface area contributed by atoms with Gasteiger partial charge in [-0.2, -0.15) is 0 Å². The molecule has 0 N–H and O–H groups in total. The molecule has 5 heteroatoms. The van der Waals surface area contributed by atoms with Crippen molar-refractivity contribution in [3.63, 3.8) is 0 Å². The van der Waals surface area contributed by atoms with Crippen LogP contribution in [0.2, 0.25) is 0 Å². The molecule has 1 aliphatic rings. The quantitative estimate of drug-likeness (QED) is 0.757. The molecule has 0 saturated heterocycles. The van der Waals surface area contributed by atoms with Gasteiger partial charge in [-0.15, -0.1) is 0 Å². The Balaban J connectivity index is 1.92. The average molecular weight is 355 g/mol. The van der Waals surface area contributed by atoms with Crippen molar-refractivity contribution in [2.45, 2.75) is 32.4 Å². The van der Waals surface area contributed by atoms with Crippen LogP contribution >= 0.6 is 0 Å². The van der Waals surface area contributed by atoms with Crippen molar-refractivity contribution < 1.29 is 19.0 Å². The third-order valence-corrected chi connectivity index (χ3v) is 4.70. The highest BCUT2D eigenvalue weighted by molar-refractivity contribution is 5.96. The third-order valence-electron chi connectivity index (χ3n) is 4.70. The lowest BCUT2D eigenvalue weighted by Crippen LogP contribution is -2.33. The molecule has 1 saturated carbocycles. The fourth-order valence-electron chi connectivity index (χ4n) is 3.14. The zero-order valence-corrected chi connectivity index (χ0v) is 15.7. The van der Waals surface area contributed by atoms with Gasteiger partial charge in [0.05, 0.1) is 21.3 Å². The second kappa shape index (κ2) is 7.68. The second-order valence-electron chi connectivity index (χ2n) is 6.51. The number of ether oxygens (including phenoxy) is 3. The van der Waals surface area contributed by atoms with Crippen molar-refractivity contribution in [1.29, 1.82) is 0 Å². The van der Waals surface area contributed by atoms with Gasteiger partial charge in [0.2, 0.25) is 5.75 Å². The van der Waals surface area contributed by atoms with Crippen LogP contribution in [0.15, 0.2) is 36.4 Å². The van der Waals surface area contributed by atoms with Crippen LogP contribution in [-0.2, 0) is 6.54 Å². The Morgan fingerprint density at radius 2 is 1.65 bits per heavy atom. The number of aryl methyl sites for hydroxylation is 1. The van der Waals surface area contributed by atoms with E-state index in [0.29, 0.717) is 29.8 Å². The fourth-order valence-corrected chi connectivity index (χ4v) is 3.14. The molecule has 0 radical (unpaired) electrons. The minimum Gasteiger partial charge on any atom is -0.493 e. The van der Waals surface area contributed by atoms with Gasteiger partial charge in [-0.05, 0) is 49.1 Å². The molecule has 0 spiro atoms. The molecule has 2 aromatic carbocycles. The van der Waals surface area contributed by atoms with Crippen LogP contribution in [0.3, 0.4) is 0 Å². The number of carbonyl (C=O) groups is 1. The van der Waals surface area contributed by atoms with E-state index in [0.717, 1.165) is 29.5 Å². The molecular weight excluding hydrogens is 330 g/mol. The Morgan fingerprint density at radius 1 is 1.04 bits per heavy atom. The first kappa shape index (κ1) is 18.1. The third kappa shape index (κ3) is 3.62. The summed E-state index contributed by atoms with van der Waals surface area (Å²) in [5.74, 6) is 1.82. The van der Waals surface area contributed by atoms with Crippen LogP contribution in [0.5, 0.6) is 17.2 Å². The van der Waals surface area contributed by atoms with E-state index in [1.165, 1.54) is 0 Å². The van der Waals surface area contributed by atoms with Crippen LogP contribution in [0.25, 0.3) is 0 Å². The van der Waals surface area contributed by atoms with Gasteiger partial charge in [-0.3, -0.25) is 4.79 Å². The zero-order chi connectivity index (χ0) is 18.7. The number of rotatable bonds is 7. The molecule has 1 aliphatic carbocycles. The maximum Gasteiger partial charge on any atom is 0.254 e. The first-order valence-electron chi connectivity index (χ1n) is 8.74. The van der Waals surface area contributed by atoms with Crippen molar-refractivity contribution in [3.05, 3.63) is 53.1 Å². The smallest absolute Gasteiger partial charge is 0.254 e. The summed E-state index contributed by atoms with van der Waals surface area (Å²) in [5.41, 5.74) is 2.70. The van der Waals surface area contributed by atoms with Crippen molar-refractivity contribution in [2.75, 3.05) is 21.3 Å². The Morgan fingerprint density at radius 3 is 2.15 bits per heavy atom. The number of hydrogen-bond acceptors (Lipinski definition) is 4. The second-order valence-corrected chi connectivity index (χ2v) is 6.51. The number of benzene rings is 2. The van der Waals surface area contributed by atoms with Crippen LogP contribution in [-0.4, -0.2) is 38.2 Å². The minimum atomic E-state index is 0.0688. The molecule has 1 fully saturated rings. The summed E-state index contributed by atoms with van der Waals surface area (Å²) in [5, 5.41) is 0. The van der Waals surface area contributed by atoms with Gasteiger partial charge in [0, 0.05) is 18.2 Å². The molecule has 0 unspecified atom stereocenters. The monoisotopic (exact) mass is 355 g/mol. The Labute approximate surface area is 154 Å². The topological polar surface area (TPSA) is 48.0 Å².